The van der Waals surface area contributed by atoms with Crippen LogP contribution in [0.1, 0.15) is 26.7 Å². The summed E-state index contributed by atoms with van der Waals surface area (Å²) in [6, 6.07) is 39.7. The molecule has 3 aromatic heterocycles. The van der Waals surface area contributed by atoms with E-state index in [1.807, 2.05) is 74.6 Å². The molecule has 7 rings (SSSR count). The number of rotatable bonds is 5. The third kappa shape index (κ3) is 7.56. The van der Waals surface area contributed by atoms with Crippen LogP contribution in [0.15, 0.2) is 116 Å². The van der Waals surface area contributed by atoms with E-state index in [4.69, 9.17) is 1.37 Å². The molecule has 0 fully saturated rings. The second kappa shape index (κ2) is 14.5. The third-order valence-electron chi connectivity index (χ3n) is 7.80. The second-order valence-corrected chi connectivity index (χ2v) is 24.0. The first-order valence-corrected chi connectivity index (χ1v) is 23.2. The normalized spacial score (nSPS) is 11.8. The number of pyridine rings is 2. The van der Waals surface area contributed by atoms with Crippen molar-refractivity contribution in [2.24, 2.45) is 0 Å². The van der Waals surface area contributed by atoms with Gasteiger partial charge in [0.1, 0.15) is 5.82 Å². The predicted octanol–water partition coefficient (Wildman–Crippen LogP) is 10.9. The number of aromatic nitrogens is 2. The van der Waals surface area contributed by atoms with E-state index in [1.54, 1.807) is 29.7 Å². The molecule has 0 unspecified atom stereocenters. The van der Waals surface area contributed by atoms with Crippen LogP contribution in [-0.4, -0.2) is 23.2 Å². The predicted molar refractivity (Wildman–Crippen MR) is 192 cm³/mol. The van der Waals surface area contributed by atoms with Gasteiger partial charge in [0, 0.05) is 32.4 Å². The molecule has 0 aliphatic carbocycles. The first-order valence-electron chi connectivity index (χ1n) is 15.5. The molecular weight excluding hydrogens is 824 g/mol. The van der Waals surface area contributed by atoms with Gasteiger partial charge in [-0.05, 0) is 57.1 Å². The first-order chi connectivity index (χ1) is 22.0. The Labute approximate surface area is 292 Å². The van der Waals surface area contributed by atoms with E-state index in [9.17, 15) is 4.39 Å². The maximum Gasteiger partial charge on any atom is 0 e. The number of fused-ring (bicyclic) bond motifs is 3. The van der Waals surface area contributed by atoms with E-state index < -0.39 is 19.2 Å². The van der Waals surface area contributed by atoms with Crippen molar-refractivity contribution in [1.29, 1.82) is 0 Å². The van der Waals surface area contributed by atoms with Crippen LogP contribution in [0, 0.1) is 17.9 Å². The van der Waals surface area contributed by atoms with E-state index in [2.05, 4.69) is 69.7 Å². The summed E-state index contributed by atoms with van der Waals surface area (Å²) in [5.41, 5.74) is 6.64. The Balaban J connectivity index is 0.000000217. The Bertz CT molecular complexity index is 2140. The van der Waals surface area contributed by atoms with Crippen molar-refractivity contribution in [1.82, 2.24) is 9.97 Å². The molecule has 0 aliphatic heterocycles. The Morgan fingerprint density at radius 2 is 1.61 bits per heavy atom. The maximum atomic E-state index is 13.7. The van der Waals surface area contributed by atoms with Crippen LogP contribution in [0.5, 0.6) is 0 Å². The fourth-order valence-electron chi connectivity index (χ4n) is 5.21. The molecule has 4 aromatic carbocycles. The molecule has 0 saturated heterocycles. The number of nitrogens with zero attached hydrogens (tertiary/aromatic N) is 2. The van der Waals surface area contributed by atoms with E-state index in [-0.39, 0.29) is 25.9 Å². The second-order valence-electron chi connectivity index (χ2n) is 12.3. The van der Waals surface area contributed by atoms with Gasteiger partial charge >= 0.3 is 99.8 Å². The molecule has 0 aliphatic rings. The summed E-state index contributed by atoms with van der Waals surface area (Å²) >= 11 is -0.0183. The molecule has 6 heteroatoms. The van der Waals surface area contributed by atoms with Gasteiger partial charge < -0.3 is 4.98 Å². The van der Waals surface area contributed by atoms with Crippen molar-refractivity contribution in [3.8, 4) is 33.6 Å². The maximum absolute atomic E-state index is 13.7. The number of hydrogen-bond donors (Lipinski definition) is 0. The number of benzene rings is 4. The fourth-order valence-corrected chi connectivity index (χ4v) is 8.63. The summed E-state index contributed by atoms with van der Waals surface area (Å²) in [7, 11) is 0. The van der Waals surface area contributed by atoms with Crippen LogP contribution in [0.2, 0.25) is 17.3 Å². The van der Waals surface area contributed by atoms with Crippen molar-refractivity contribution >= 4 is 49.2 Å². The summed E-state index contributed by atoms with van der Waals surface area (Å²) in [4.78, 5) is 9.10. The largest absolute Gasteiger partial charge is 0 e. The monoisotopic (exact) mass is 862 g/mol. The smallest absolute Gasteiger partial charge is 0 e. The quantitative estimate of drug-likeness (QED) is 0.127. The van der Waals surface area contributed by atoms with Gasteiger partial charge in [-0.2, -0.15) is 11.3 Å². The van der Waals surface area contributed by atoms with Crippen molar-refractivity contribution < 1.29 is 25.9 Å². The Hall–Kier alpha value is -3.48. The van der Waals surface area contributed by atoms with Gasteiger partial charge in [-0.1, -0.05) is 55.1 Å². The minimum Gasteiger partial charge on any atom is 0 e. The van der Waals surface area contributed by atoms with Crippen LogP contribution >= 0.6 is 11.3 Å². The average Bonchev–Trinajstić information content (AvgIpc) is 3.43. The Kier molecular flexibility index (Phi) is 10.2. The minimum absolute atomic E-state index is 0. The molecule has 3 heterocycles. The first kappa shape index (κ1) is 32.5. The molecule has 7 aromatic rings. The Morgan fingerprint density at radius 3 is 2.30 bits per heavy atom. The van der Waals surface area contributed by atoms with Crippen LogP contribution in [0.3, 0.4) is 0 Å². The minimum atomic E-state index is -1.72. The summed E-state index contributed by atoms with van der Waals surface area (Å²) < 4.78 is 25.7. The molecule has 1 radical (unpaired) electrons. The van der Waals surface area contributed by atoms with Gasteiger partial charge in [0.05, 0.1) is 0 Å². The van der Waals surface area contributed by atoms with E-state index in [1.165, 1.54) is 15.8 Å². The summed E-state index contributed by atoms with van der Waals surface area (Å²) in [6.45, 7) is 3.76. The van der Waals surface area contributed by atoms with E-state index in [0.717, 1.165) is 54.0 Å². The average molecular weight is 861 g/mol. The zero-order chi connectivity index (χ0) is 32.5. The third-order valence-corrected chi connectivity index (χ3v) is 13.2. The van der Waals surface area contributed by atoms with Crippen LogP contribution in [0.25, 0.3) is 53.8 Å². The van der Waals surface area contributed by atoms with Crippen LogP contribution in [-0.2, 0) is 20.1 Å². The molecule has 0 N–H and O–H groups in total. The zero-order valence-electron chi connectivity index (χ0n) is 27.5. The topological polar surface area (TPSA) is 25.8 Å². The number of thiophene rings is 1. The molecule has 2 nitrogen and oxygen atoms in total. The van der Waals surface area contributed by atoms with Crippen molar-refractivity contribution in [3.63, 3.8) is 0 Å². The summed E-state index contributed by atoms with van der Waals surface area (Å²) in [5, 5.41) is 2.33. The van der Waals surface area contributed by atoms with Gasteiger partial charge in [-0.3, -0.25) is 0 Å². The molecular formula is C40H35FGeIrN2S-2. The molecule has 0 saturated carbocycles. The SMILES string of the molecule is [2H]C(C)(C)c1ccnc(-c2[c-]ccc3c2sc2cc(-c4cccc(F)c4)ccc23)c1.[CH3][Ge]([CH3])([CH3])[c]1ccc(-c2[c-]cccc2)nc1.[Ir]. The molecule has 0 bridgehead atoms. The van der Waals surface area contributed by atoms with Crippen molar-refractivity contribution in [3.05, 3.63) is 139 Å². The standard InChI is InChI=1S/C26H19FNS.C14H16GeN.Ir/c1-16(2)17-11-12-28-24(14-17)23-8-4-7-22-21-10-9-19(15-25(21)29-26(22)23)18-5-3-6-20(27)13-18;1-15(2,3)13-9-10-14(16-11-13)12-7-5-4-6-8-12;/h3-7,9-16H,1-2H3;4-7,9-11H,1-3H3;/q2*-1;/i16D;;. The Morgan fingerprint density at radius 1 is 0.783 bits per heavy atom. The molecule has 0 amide bonds. The van der Waals surface area contributed by atoms with Crippen LogP contribution < -0.4 is 4.40 Å². The number of hydrogen-bond acceptors (Lipinski definition) is 3. The fraction of sp³-hybridized carbons (Fsp3) is 0.150. The molecule has 0 atom stereocenters. The summed E-state index contributed by atoms with van der Waals surface area (Å²) in [5.74, 6) is 6.22. The van der Waals surface area contributed by atoms with Gasteiger partial charge in [0.25, 0.3) is 0 Å². The van der Waals surface area contributed by atoms with Gasteiger partial charge in [0.2, 0.25) is 0 Å². The van der Waals surface area contributed by atoms with Crippen molar-refractivity contribution in [2.75, 3.05) is 0 Å². The van der Waals surface area contributed by atoms with Crippen molar-refractivity contribution in [2.45, 2.75) is 37.0 Å². The number of halogens is 1. The van der Waals surface area contributed by atoms with Gasteiger partial charge in [-0.25, -0.2) is 4.39 Å². The molecule has 46 heavy (non-hydrogen) atoms. The van der Waals surface area contributed by atoms with Gasteiger partial charge in [0.15, 0.2) is 0 Å². The molecule has 233 valence electrons. The van der Waals surface area contributed by atoms with E-state index in [0.29, 0.717) is 0 Å². The van der Waals surface area contributed by atoms with E-state index >= 15 is 0 Å². The molecule has 0 spiro atoms. The van der Waals surface area contributed by atoms with Gasteiger partial charge in [-0.15, -0.1) is 23.8 Å². The summed E-state index contributed by atoms with van der Waals surface area (Å²) in [6.07, 6.45) is 3.80. The van der Waals surface area contributed by atoms with Crippen LogP contribution in [0.4, 0.5) is 4.39 Å². The zero-order valence-corrected chi connectivity index (χ0v) is 31.8.